The average Bonchev–Trinajstić information content (AvgIpc) is 2.19. The summed E-state index contributed by atoms with van der Waals surface area (Å²) in [5, 5.41) is 2.90. The molecular weight excluding hydrogens is 198 g/mol. The number of hydrogen-bond acceptors (Lipinski definition) is 1. The van der Waals surface area contributed by atoms with Crippen molar-refractivity contribution in [2.24, 2.45) is 17.8 Å². The average molecular weight is 221 g/mol. The number of hydrogen-bond donors (Lipinski definition) is 1. The van der Waals surface area contributed by atoms with Crippen LogP contribution >= 0.6 is 0 Å². The largest absolute Gasteiger partial charge is 0.326 e. The Labute approximate surface area is 98.8 Å². The van der Waals surface area contributed by atoms with Crippen LogP contribution in [-0.4, -0.2) is 5.91 Å². The van der Waals surface area contributed by atoms with E-state index >= 15 is 0 Å². The van der Waals surface area contributed by atoms with Gasteiger partial charge in [-0.3, -0.25) is 4.79 Å². The number of carbonyl (C=O) groups is 1. The van der Waals surface area contributed by atoms with Crippen LogP contribution in [0.25, 0.3) is 0 Å². The summed E-state index contributed by atoms with van der Waals surface area (Å²) in [5.41, 5.74) is 2.01. The molecule has 0 bridgehead atoms. The topological polar surface area (TPSA) is 29.1 Å². The van der Waals surface area contributed by atoms with Gasteiger partial charge in [-0.2, -0.15) is 0 Å². The summed E-state index contributed by atoms with van der Waals surface area (Å²) >= 11 is 0. The normalized spacial score (nSPS) is 28.7. The zero-order chi connectivity index (χ0) is 12.3. The summed E-state index contributed by atoms with van der Waals surface area (Å²) < 4.78 is 0. The van der Waals surface area contributed by atoms with E-state index in [1.165, 1.54) is 5.57 Å². The third-order valence-electron chi connectivity index (χ3n) is 3.20. The zero-order valence-corrected chi connectivity index (χ0v) is 10.8. The molecule has 1 N–H and O–H groups in total. The van der Waals surface area contributed by atoms with Gasteiger partial charge < -0.3 is 5.32 Å². The van der Waals surface area contributed by atoms with Crippen molar-refractivity contribution in [3.63, 3.8) is 0 Å². The van der Waals surface area contributed by atoms with Gasteiger partial charge in [0.05, 0.1) is 0 Å². The molecule has 1 rings (SSSR count). The fourth-order valence-electron chi connectivity index (χ4n) is 2.38. The van der Waals surface area contributed by atoms with Crippen LogP contribution in [0.3, 0.4) is 0 Å². The third-order valence-corrected chi connectivity index (χ3v) is 3.20. The fourth-order valence-corrected chi connectivity index (χ4v) is 2.38. The molecule has 0 radical (unpaired) electrons. The molecule has 2 atom stereocenters. The van der Waals surface area contributed by atoms with Crippen LogP contribution in [0.2, 0.25) is 0 Å². The molecule has 16 heavy (non-hydrogen) atoms. The predicted octanol–water partition coefficient (Wildman–Crippen LogP) is 3.26. The fraction of sp³-hybridized carbons (Fsp3) is 0.643. The first-order valence-corrected chi connectivity index (χ1v) is 6.17. The summed E-state index contributed by atoms with van der Waals surface area (Å²) in [6, 6.07) is 0. The Hall–Kier alpha value is -1.05. The maximum absolute atomic E-state index is 11.9. The maximum Gasteiger partial charge on any atom is 0.228 e. The van der Waals surface area contributed by atoms with Gasteiger partial charge in [-0.25, -0.2) is 0 Å². The van der Waals surface area contributed by atoms with Crippen molar-refractivity contribution in [1.29, 1.82) is 0 Å². The van der Waals surface area contributed by atoms with Crippen molar-refractivity contribution in [1.82, 2.24) is 5.32 Å². The molecule has 1 saturated heterocycles. The Kier molecular flexibility index (Phi) is 4.34. The molecule has 1 amide bonds. The number of nitrogens with one attached hydrogen (secondary N) is 1. The van der Waals surface area contributed by atoms with Gasteiger partial charge in [-0.05, 0) is 30.3 Å². The Bertz CT molecular complexity index is 315. The van der Waals surface area contributed by atoms with E-state index in [0.717, 1.165) is 18.5 Å². The first kappa shape index (κ1) is 13.0. The van der Waals surface area contributed by atoms with Crippen molar-refractivity contribution in [2.45, 2.75) is 40.5 Å². The number of piperidine rings is 1. The smallest absolute Gasteiger partial charge is 0.228 e. The summed E-state index contributed by atoms with van der Waals surface area (Å²) in [7, 11) is 0. The van der Waals surface area contributed by atoms with Crippen LogP contribution in [0.4, 0.5) is 0 Å². The molecule has 0 aromatic heterocycles. The SMILES string of the molecule is C=C1NC(=O)C(CC(C)C)[C@H](C)/C1=C/CC. The molecule has 1 aliphatic heterocycles. The molecule has 0 spiro atoms. The molecule has 2 nitrogen and oxygen atoms in total. The summed E-state index contributed by atoms with van der Waals surface area (Å²) in [4.78, 5) is 11.9. The first-order valence-electron chi connectivity index (χ1n) is 6.17. The minimum Gasteiger partial charge on any atom is -0.326 e. The monoisotopic (exact) mass is 221 g/mol. The molecule has 2 heteroatoms. The molecule has 1 unspecified atom stereocenters. The molecule has 1 heterocycles. The summed E-state index contributed by atoms with van der Waals surface area (Å²) in [6.45, 7) is 12.5. The lowest BCUT2D eigenvalue weighted by atomic mass is 9.77. The van der Waals surface area contributed by atoms with Crippen LogP contribution in [0.5, 0.6) is 0 Å². The van der Waals surface area contributed by atoms with E-state index in [0.29, 0.717) is 11.8 Å². The highest BCUT2D eigenvalue weighted by atomic mass is 16.2. The second-order valence-electron chi connectivity index (χ2n) is 5.06. The van der Waals surface area contributed by atoms with Gasteiger partial charge in [0, 0.05) is 11.6 Å². The zero-order valence-electron chi connectivity index (χ0n) is 10.8. The van der Waals surface area contributed by atoms with E-state index in [-0.39, 0.29) is 11.8 Å². The minimum atomic E-state index is 0.100. The van der Waals surface area contributed by atoms with Gasteiger partial charge in [0.15, 0.2) is 0 Å². The van der Waals surface area contributed by atoms with Gasteiger partial charge in [0.2, 0.25) is 5.91 Å². The van der Waals surface area contributed by atoms with Crippen molar-refractivity contribution in [3.8, 4) is 0 Å². The molecule has 0 saturated carbocycles. The number of carbonyl (C=O) groups excluding carboxylic acids is 1. The van der Waals surface area contributed by atoms with Crippen LogP contribution in [0.1, 0.15) is 40.5 Å². The summed E-state index contributed by atoms with van der Waals surface area (Å²) in [5.74, 6) is 1.08. The quantitative estimate of drug-likeness (QED) is 0.778. The lowest BCUT2D eigenvalue weighted by molar-refractivity contribution is -0.126. The molecule has 0 aromatic rings. The highest BCUT2D eigenvalue weighted by Gasteiger charge is 2.33. The first-order chi connectivity index (χ1) is 7.47. The van der Waals surface area contributed by atoms with Gasteiger partial charge >= 0.3 is 0 Å². The van der Waals surface area contributed by atoms with E-state index < -0.39 is 0 Å². The van der Waals surface area contributed by atoms with E-state index in [9.17, 15) is 4.79 Å². The van der Waals surface area contributed by atoms with Crippen molar-refractivity contribution in [3.05, 3.63) is 23.9 Å². The second kappa shape index (κ2) is 5.33. The van der Waals surface area contributed by atoms with Crippen LogP contribution < -0.4 is 5.32 Å². The summed E-state index contributed by atoms with van der Waals surface area (Å²) in [6.07, 6.45) is 4.12. The highest BCUT2D eigenvalue weighted by molar-refractivity contribution is 5.84. The van der Waals surface area contributed by atoms with Gasteiger partial charge in [-0.1, -0.05) is 40.3 Å². The molecule has 0 aromatic carbocycles. The van der Waals surface area contributed by atoms with Crippen molar-refractivity contribution < 1.29 is 4.79 Å². The minimum absolute atomic E-state index is 0.100. The van der Waals surface area contributed by atoms with E-state index in [1.807, 2.05) is 0 Å². The second-order valence-corrected chi connectivity index (χ2v) is 5.06. The van der Waals surface area contributed by atoms with Crippen molar-refractivity contribution >= 4 is 5.91 Å². The molecule has 1 aliphatic rings. The standard InChI is InChI=1S/C14H23NO/c1-6-7-12-10(4)13(8-9(2)3)14(16)15-11(12)5/h7,9-10,13H,5-6,8H2,1-4H3,(H,15,16)/b12-7-/t10-,13?/m1/s1. The van der Waals surface area contributed by atoms with Crippen LogP contribution in [0.15, 0.2) is 23.9 Å². The highest BCUT2D eigenvalue weighted by Crippen LogP contribution is 2.33. The predicted molar refractivity (Wildman–Crippen MR) is 67.8 cm³/mol. The Morgan fingerprint density at radius 2 is 2.12 bits per heavy atom. The Balaban J connectivity index is 2.90. The maximum atomic E-state index is 11.9. The lowest BCUT2D eigenvalue weighted by Crippen LogP contribution is -2.41. The van der Waals surface area contributed by atoms with E-state index in [2.05, 4.69) is 45.7 Å². The Morgan fingerprint density at radius 1 is 1.50 bits per heavy atom. The van der Waals surface area contributed by atoms with E-state index in [1.54, 1.807) is 0 Å². The molecule has 0 aliphatic carbocycles. The van der Waals surface area contributed by atoms with Crippen molar-refractivity contribution in [2.75, 3.05) is 0 Å². The molecular formula is C14H23NO. The Morgan fingerprint density at radius 3 is 2.62 bits per heavy atom. The van der Waals surface area contributed by atoms with Gasteiger partial charge in [0.25, 0.3) is 0 Å². The van der Waals surface area contributed by atoms with Crippen LogP contribution in [0, 0.1) is 17.8 Å². The molecule has 1 fully saturated rings. The third kappa shape index (κ3) is 2.75. The van der Waals surface area contributed by atoms with Gasteiger partial charge in [0.1, 0.15) is 0 Å². The van der Waals surface area contributed by atoms with E-state index in [4.69, 9.17) is 0 Å². The van der Waals surface area contributed by atoms with Crippen LogP contribution in [-0.2, 0) is 4.79 Å². The molecule has 90 valence electrons. The van der Waals surface area contributed by atoms with Gasteiger partial charge in [-0.15, -0.1) is 0 Å². The lowest BCUT2D eigenvalue weighted by Gasteiger charge is -2.33. The number of amides is 1. The number of rotatable bonds is 3. The number of allylic oxidation sites excluding steroid dienone is 2.